The number of nitrogens with one attached hydrogen (secondary N) is 1. The van der Waals surface area contributed by atoms with Crippen LogP contribution in [0, 0.1) is 10.1 Å². The second-order valence-electron chi connectivity index (χ2n) is 2.76. The summed E-state index contributed by atoms with van der Waals surface area (Å²) in [5.41, 5.74) is 6.94. The van der Waals surface area contributed by atoms with Gasteiger partial charge in [0.25, 0.3) is 5.69 Å². The summed E-state index contributed by atoms with van der Waals surface area (Å²) < 4.78 is 0. The molecule has 4 N–H and O–H groups in total. The fourth-order valence-corrected chi connectivity index (χ4v) is 1.20. The standard InChI is InChI=1S/C8H8ClN5O3.ClH/c9-7-2-6(14(16)17)1-5(8(7)15)3-11-13-12-4-10;/h1-4,13,15H,(H2,10,12);1H/b11-3+;. The lowest BCUT2D eigenvalue weighted by Gasteiger charge is -2.01. The normalized spacial score (nSPS) is 10.5. The van der Waals surface area contributed by atoms with Gasteiger partial charge in [0.2, 0.25) is 0 Å². The zero-order chi connectivity index (χ0) is 12.8. The maximum Gasteiger partial charge on any atom is 0.271 e. The van der Waals surface area contributed by atoms with E-state index in [-0.39, 0.29) is 34.4 Å². The molecule has 0 amide bonds. The van der Waals surface area contributed by atoms with E-state index < -0.39 is 4.92 Å². The van der Waals surface area contributed by atoms with Crippen LogP contribution >= 0.6 is 24.0 Å². The van der Waals surface area contributed by atoms with Gasteiger partial charge in [0, 0.05) is 17.7 Å². The Morgan fingerprint density at radius 2 is 2.17 bits per heavy atom. The van der Waals surface area contributed by atoms with E-state index in [1.807, 2.05) is 0 Å². The van der Waals surface area contributed by atoms with E-state index in [1.54, 1.807) is 0 Å². The number of nitro benzene ring substituents is 1. The summed E-state index contributed by atoms with van der Waals surface area (Å²) in [5, 5.41) is 26.8. The molecule has 0 aliphatic rings. The summed E-state index contributed by atoms with van der Waals surface area (Å²) in [6, 6.07) is 2.16. The minimum atomic E-state index is -0.631. The van der Waals surface area contributed by atoms with Gasteiger partial charge in [-0.15, -0.1) is 17.5 Å². The second-order valence-corrected chi connectivity index (χ2v) is 3.17. The van der Waals surface area contributed by atoms with Gasteiger partial charge in [-0.25, -0.2) is 0 Å². The van der Waals surface area contributed by atoms with Crippen molar-refractivity contribution in [2.24, 2.45) is 15.9 Å². The maximum atomic E-state index is 10.6. The number of phenolic OH excluding ortho intramolecular Hbond substituents is 1. The summed E-state index contributed by atoms with van der Waals surface area (Å²) in [7, 11) is 0. The molecule has 0 aliphatic carbocycles. The third kappa shape index (κ3) is 4.07. The van der Waals surface area contributed by atoms with Crippen LogP contribution < -0.4 is 11.3 Å². The average Bonchev–Trinajstić information content (AvgIpc) is 2.29. The van der Waals surface area contributed by atoms with Crippen molar-refractivity contribution in [1.82, 2.24) is 5.53 Å². The quantitative estimate of drug-likeness (QED) is 0.333. The van der Waals surface area contributed by atoms with Crippen molar-refractivity contribution in [2.75, 3.05) is 0 Å². The highest BCUT2D eigenvalue weighted by molar-refractivity contribution is 6.32. The number of non-ortho nitro benzene ring substituents is 1. The van der Waals surface area contributed by atoms with Gasteiger partial charge in [-0.05, 0) is 0 Å². The first-order valence-corrected chi connectivity index (χ1v) is 4.62. The van der Waals surface area contributed by atoms with E-state index in [4.69, 9.17) is 17.3 Å². The average molecular weight is 294 g/mol. The lowest BCUT2D eigenvalue weighted by molar-refractivity contribution is -0.384. The van der Waals surface area contributed by atoms with Crippen LogP contribution in [0.2, 0.25) is 5.02 Å². The number of halogens is 2. The molecule has 8 nitrogen and oxygen atoms in total. The third-order valence-corrected chi connectivity index (χ3v) is 1.97. The van der Waals surface area contributed by atoms with Crippen molar-refractivity contribution in [3.05, 3.63) is 32.8 Å². The number of phenols is 1. The molecule has 0 saturated heterocycles. The number of nitrogens with zero attached hydrogens (tertiary/aromatic N) is 3. The molecular weight excluding hydrogens is 285 g/mol. The number of hydrogen-bond donors (Lipinski definition) is 3. The van der Waals surface area contributed by atoms with Gasteiger partial charge in [0.1, 0.15) is 12.1 Å². The Balaban J connectivity index is 0.00000289. The van der Waals surface area contributed by atoms with Crippen LogP contribution in [-0.2, 0) is 0 Å². The van der Waals surface area contributed by atoms with Crippen LogP contribution in [0.1, 0.15) is 5.56 Å². The van der Waals surface area contributed by atoms with Gasteiger partial charge >= 0.3 is 0 Å². The summed E-state index contributed by atoms with van der Waals surface area (Å²) in [6.45, 7) is 0. The molecule has 18 heavy (non-hydrogen) atoms. The fourth-order valence-electron chi connectivity index (χ4n) is 0.974. The summed E-state index contributed by atoms with van der Waals surface area (Å²) >= 11 is 5.62. The number of nitro groups is 1. The zero-order valence-corrected chi connectivity index (χ0v) is 10.4. The Morgan fingerprint density at radius 3 is 2.72 bits per heavy atom. The lowest BCUT2D eigenvalue weighted by Crippen LogP contribution is -2.00. The molecule has 0 radical (unpaired) electrons. The van der Waals surface area contributed by atoms with Crippen molar-refractivity contribution >= 4 is 42.2 Å². The van der Waals surface area contributed by atoms with E-state index in [0.29, 0.717) is 0 Å². The van der Waals surface area contributed by atoms with Crippen LogP contribution in [0.15, 0.2) is 22.3 Å². The molecule has 98 valence electrons. The van der Waals surface area contributed by atoms with Crippen LogP contribution in [0.5, 0.6) is 5.75 Å². The molecule has 0 aliphatic heterocycles. The SMILES string of the molecule is Cl.N/C=N\N/N=C/c1cc([N+](=O)[O-])cc(Cl)c1O. The highest BCUT2D eigenvalue weighted by Gasteiger charge is 2.13. The lowest BCUT2D eigenvalue weighted by atomic mass is 10.2. The largest absolute Gasteiger partial charge is 0.506 e. The predicted molar refractivity (Wildman–Crippen MR) is 70.4 cm³/mol. The molecule has 10 heteroatoms. The van der Waals surface area contributed by atoms with Gasteiger partial charge < -0.3 is 10.8 Å². The summed E-state index contributed by atoms with van der Waals surface area (Å²) in [4.78, 5) is 9.93. The van der Waals surface area contributed by atoms with E-state index in [1.165, 1.54) is 0 Å². The highest BCUT2D eigenvalue weighted by Crippen LogP contribution is 2.31. The Morgan fingerprint density at radius 1 is 1.50 bits per heavy atom. The molecule has 0 heterocycles. The topological polar surface area (TPSA) is 126 Å². The molecule has 0 saturated carbocycles. The number of benzene rings is 1. The molecule has 0 aromatic heterocycles. The van der Waals surface area contributed by atoms with Gasteiger partial charge in [-0.3, -0.25) is 10.1 Å². The van der Waals surface area contributed by atoms with E-state index >= 15 is 0 Å². The molecule has 0 unspecified atom stereocenters. The van der Waals surface area contributed by atoms with E-state index in [2.05, 4.69) is 15.7 Å². The van der Waals surface area contributed by atoms with Crippen molar-refractivity contribution < 1.29 is 10.0 Å². The molecule has 0 spiro atoms. The first-order valence-electron chi connectivity index (χ1n) is 4.24. The molecule has 1 aromatic carbocycles. The van der Waals surface area contributed by atoms with Gasteiger partial charge in [-0.2, -0.15) is 10.6 Å². The maximum absolute atomic E-state index is 10.6. The Bertz CT molecular complexity index is 492. The Labute approximate surface area is 113 Å². The van der Waals surface area contributed by atoms with Crippen LogP contribution in [0.3, 0.4) is 0 Å². The summed E-state index contributed by atoms with van der Waals surface area (Å²) in [6.07, 6.45) is 2.10. The van der Waals surface area contributed by atoms with E-state index in [0.717, 1.165) is 24.7 Å². The highest BCUT2D eigenvalue weighted by atomic mass is 35.5. The minimum absolute atomic E-state index is 0. The zero-order valence-electron chi connectivity index (χ0n) is 8.78. The van der Waals surface area contributed by atoms with Crippen molar-refractivity contribution in [1.29, 1.82) is 0 Å². The molecule has 0 atom stereocenters. The van der Waals surface area contributed by atoms with Crippen LogP contribution in [0.25, 0.3) is 0 Å². The molecule has 1 aromatic rings. The molecule has 0 bridgehead atoms. The van der Waals surface area contributed by atoms with Gasteiger partial charge in [0.05, 0.1) is 16.2 Å². The van der Waals surface area contributed by atoms with E-state index in [9.17, 15) is 15.2 Å². The second kappa shape index (κ2) is 7.30. The van der Waals surface area contributed by atoms with Crippen molar-refractivity contribution in [3.8, 4) is 5.75 Å². The number of rotatable bonds is 4. The Kier molecular flexibility index (Phi) is 6.47. The monoisotopic (exact) mass is 293 g/mol. The molecule has 1 rings (SSSR count). The number of hydrogen-bond acceptors (Lipinski definition) is 6. The predicted octanol–water partition coefficient (Wildman–Crippen LogP) is 1.20. The third-order valence-electron chi connectivity index (χ3n) is 1.68. The number of nitrogens with two attached hydrogens (primary N) is 1. The minimum Gasteiger partial charge on any atom is -0.506 e. The van der Waals surface area contributed by atoms with Gasteiger partial charge in [-0.1, -0.05) is 11.6 Å². The van der Waals surface area contributed by atoms with Gasteiger partial charge in [0.15, 0.2) is 0 Å². The van der Waals surface area contributed by atoms with Crippen LogP contribution in [0.4, 0.5) is 5.69 Å². The first-order chi connectivity index (χ1) is 8.06. The molecular formula is C8H9Cl2N5O3. The Hall–Kier alpha value is -2.06. The van der Waals surface area contributed by atoms with Crippen LogP contribution in [-0.4, -0.2) is 22.6 Å². The molecule has 0 fully saturated rings. The fraction of sp³-hybridized carbons (Fsp3) is 0. The van der Waals surface area contributed by atoms with Crippen molar-refractivity contribution in [2.45, 2.75) is 0 Å². The number of hydrazone groups is 2. The van der Waals surface area contributed by atoms with Crippen molar-refractivity contribution in [3.63, 3.8) is 0 Å². The smallest absolute Gasteiger partial charge is 0.271 e. The summed E-state index contributed by atoms with van der Waals surface area (Å²) in [5.74, 6) is -0.306. The first kappa shape index (κ1) is 15.9. The number of aromatic hydroxyl groups is 1.